The zero-order chi connectivity index (χ0) is 20.1. The number of hydrogen-bond donors (Lipinski definition) is 1. The van der Waals surface area contributed by atoms with E-state index in [-0.39, 0.29) is 30.1 Å². The number of ether oxygens (including phenoxy) is 1. The van der Waals surface area contributed by atoms with E-state index in [0.717, 1.165) is 6.07 Å². The highest BCUT2D eigenvalue weighted by atomic mass is 35.5. The third-order valence-electron chi connectivity index (χ3n) is 4.51. The van der Waals surface area contributed by atoms with Crippen LogP contribution in [0, 0.1) is 5.82 Å². The molecule has 0 amide bonds. The van der Waals surface area contributed by atoms with E-state index in [9.17, 15) is 17.6 Å². The minimum Gasteiger partial charge on any atom is -0.465 e. The van der Waals surface area contributed by atoms with Crippen LogP contribution in [0.15, 0.2) is 48.5 Å². The number of nitrogens with zero attached hydrogens (tertiary/aromatic N) is 2. The molecule has 10 heteroatoms. The average molecular weight is 444 g/mol. The number of nitrogens with one attached hydrogen (secondary N) is 1. The van der Waals surface area contributed by atoms with E-state index in [1.54, 1.807) is 30.3 Å². The first-order valence-electron chi connectivity index (χ1n) is 8.84. The molecule has 0 bridgehead atoms. The lowest BCUT2D eigenvalue weighted by Crippen LogP contribution is -2.51. The number of para-hydroxylation sites is 1. The third kappa shape index (κ3) is 5.24. The molecule has 1 saturated heterocycles. The van der Waals surface area contributed by atoms with Gasteiger partial charge in [0, 0.05) is 31.7 Å². The first kappa shape index (κ1) is 23.1. The quantitative estimate of drug-likeness (QED) is 0.692. The fourth-order valence-electron chi connectivity index (χ4n) is 2.99. The van der Waals surface area contributed by atoms with E-state index in [1.165, 1.54) is 27.9 Å². The van der Waals surface area contributed by atoms with Crippen LogP contribution in [0.3, 0.4) is 0 Å². The van der Waals surface area contributed by atoms with Gasteiger partial charge in [0.05, 0.1) is 24.9 Å². The number of carbonyl (C=O) groups is 1. The summed E-state index contributed by atoms with van der Waals surface area (Å²) in [5.41, 5.74) is 0.674. The largest absolute Gasteiger partial charge is 0.465 e. The molecule has 158 valence electrons. The van der Waals surface area contributed by atoms with E-state index in [2.05, 4.69) is 10.1 Å². The number of esters is 1. The van der Waals surface area contributed by atoms with Gasteiger partial charge in [-0.2, -0.15) is 12.7 Å². The number of hydrogen-bond acceptors (Lipinski definition) is 5. The maximum Gasteiger partial charge on any atom is 0.337 e. The van der Waals surface area contributed by atoms with Gasteiger partial charge in [0.1, 0.15) is 5.82 Å². The fourth-order valence-corrected chi connectivity index (χ4v) is 4.60. The molecule has 2 aromatic rings. The van der Waals surface area contributed by atoms with Crippen molar-refractivity contribution >= 4 is 34.3 Å². The van der Waals surface area contributed by atoms with Crippen molar-refractivity contribution in [2.75, 3.05) is 37.6 Å². The second kappa shape index (κ2) is 10.0. The Balaban J connectivity index is 0.00000300. The first-order valence-corrected chi connectivity index (χ1v) is 10.2. The van der Waals surface area contributed by atoms with Crippen LogP contribution in [0.25, 0.3) is 0 Å². The van der Waals surface area contributed by atoms with Crippen molar-refractivity contribution in [2.45, 2.75) is 6.54 Å². The third-order valence-corrected chi connectivity index (χ3v) is 6.43. The van der Waals surface area contributed by atoms with Gasteiger partial charge in [-0.15, -0.1) is 12.4 Å². The maximum absolute atomic E-state index is 14.6. The van der Waals surface area contributed by atoms with E-state index >= 15 is 0 Å². The molecule has 2 aromatic carbocycles. The Hall–Kier alpha value is -2.20. The van der Waals surface area contributed by atoms with Gasteiger partial charge >= 0.3 is 16.2 Å². The van der Waals surface area contributed by atoms with Crippen LogP contribution < -0.4 is 9.62 Å². The molecule has 1 heterocycles. The molecular weight excluding hydrogens is 421 g/mol. The number of piperazine rings is 1. The second-order valence-corrected chi connectivity index (χ2v) is 8.15. The van der Waals surface area contributed by atoms with Crippen molar-refractivity contribution in [2.24, 2.45) is 0 Å². The maximum atomic E-state index is 14.6. The number of carbonyl (C=O) groups excluding carboxylic acids is 1. The Kier molecular flexibility index (Phi) is 7.97. The van der Waals surface area contributed by atoms with Crippen molar-refractivity contribution in [1.29, 1.82) is 0 Å². The number of methoxy groups -OCH3 is 1. The molecular formula is C19H23ClFN3O4S. The molecule has 29 heavy (non-hydrogen) atoms. The average Bonchev–Trinajstić information content (AvgIpc) is 2.73. The predicted molar refractivity (Wildman–Crippen MR) is 111 cm³/mol. The fraction of sp³-hybridized carbons (Fsp3) is 0.316. The standard InChI is InChI=1S/C19H22FN3O4S.ClH/c1-27-19(24)15-7-8-16(18(20)13-15)14-23(17-5-3-2-4-6-17)28(25,26)22-11-9-21-10-12-22;/h2-8,13,21H,9-12,14H2,1H3;1H. The van der Waals surface area contributed by atoms with Gasteiger partial charge < -0.3 is 10.1 Å². The molecule has 0 aliphatic carbocycles. The molecule has 7 nitrogen and oxygen atoms in total. The minimum absolute atomic E-state index is 0. The van der Waals surface area contributed by atoms with Gasteiger partial charge in [-0.1, -0.05) is 24.3 Å². The van der Waals surface area contributed by atoms with Crippen molar-refractivity contribution in [3.8, 4) is 0 Å². The summed E-state index contributed by atoms with van der Waals surface area (Å²) in [6.07, 6.45) is 0. The Bertz CT molecular complexity index is 938. The van der Waals surface area contributed by atoms with Gasteiger partial charge in [0.25, 0.3) is 0 Å². The number of halogens is 2. The van der Waals surface area contributed by atoms with Crippen molar-refractivity contribution in [3.63, 3.8) is 0 Å². The molecule has 0 aromatic heterocycles. The topological polar surface area (TPSA) is 79.0 Å². The van der Waals surface area contributed by atoms with Crippen molar-refractivity contribution in [1.82, 2.24) is 9.62 Å². The second-order valence-electron chi connectivity index (χ2n) is 6.30. The monoisotopic (exact) mass is 443 g/mol. The van der Waals surface area contributed by atoms with Crippen LogP contribution in [0.2, 0.25) is 0 Å². The molecule has 0 spiro atoms. The van der Waals surface area contributed by atoms with Crippen LogP contribution in [0.1, 0.15) is 15.9 Å². The molecule has 0 unspecified atom stereocenters. The lowest BCUT2D eigenvalue weighted by Gasteiger charge is -2.33. The number of benzene rings is 2. The Morgan fingerprint density at radius 2 is 1.83 bits per heavy atom. The van der Waals surface area contributed by atoms with Crippen LogP contribution in [-0.2, 0) is 21.5 Å². The molecule has 1 aliphatic rings. The lowest BCUT2D eigenvalue weighted by molar-refractivity contribution is 0.0600. The van der Waals surface area contributed by atoms with E-state index in [0.29, 0.717) is 31.9 Å². The first-order chi connectivity index (χ1) is 13.4. The zero-order valence-electron chi connectivity index (χ0n) is 15.9. The number of rotatable bonds is 6. The predicted octanol–water partition coefficient (Wildman–Crippen LogP) is 2.19. The summed E-state index contributed by atoms with van der Waals surface area (Å²) in [7, 11) is -2.64. The molecule has 0 atom stereocenters. The highest BCUT2D eigenvalue weighted by Gasteiger charge is 2.31. The van der Waals surface area contributed by atoms with Crippen LogP contribution in [0.4, 0.5) is 10.1 Å². The van der Waals surface area contributed by atoms with Gasteiger partial charge in [0.2, 0.25) is 0 Å². The minimum atomic E-state index is -3.85. The normalized spacial score (nSPS) is 14.7. The molecule has 1 N–H and O–H groups in total. The van der Waals surface area contributed by atoms with E-state index < -0.39 is 22.0 Å². The number of anilines is 1. The summed E-state index contributed by atoms with van der Waals surface area (Å²) >= 11 is 0. The molecule has 1 fully saturated rings. The summed E-state index contributed by atoms with van der Waals surface area (Å²) in [4.78, 5) is 11.6. The zero-order valence-corrected chi connectivity index (χ0v) is 17.5. The summed E-state index contributed by atoms with van der Waals surface area (Å²) < 4.78 is 48.3. The molecule has 0 radical (unpaired) electrons. The van der Waals surface area contributed by atoms with Gasteiger partial charge in [-0.25, -0.2) is 9.18 Å². The lowest BCUT2D eigenvalue weighted by atomic mass is 10.1. The van der Waals surface area contributed by atoms with Crippen LogP contribution >= 0.6 is 12.4 Å². The molecule has 1 aliphatic heterocycles. The Labute approximate surface area is 176 Å². The van der Waals surface area contributed by atoms with Gasteiger partial charge in [-0.3, -0.25) is 4.31 Å². The smallest absolute Gasteiger partial charge is 0.337 e. The summed E-state index contributed by atoms with van der Waals surface area (Å²) in [5, 5.41) is 3.12. The summed E-state index contributed by atoms with van der Waals surface area (Å²) in [6.45, 7) is 1.61. The van der Waals surface area contributed by atoms with Crippen LogP contribution in [0.5, 0.6) is 0 Å². The van der Waals surface area contributed by atoms with Crippen molar-refractivity contribution < 1.29 is 22.3 Å². The van der Waals surface area contributed by atoms with E-state index in [4.69, 9.17) is 0 Å². The summed E-state index contributed by atoms with van der Waals surface area (Å²) in [6, 6.07) is 12.5. The van der Waals surface area contributed by atoms with Crippen molar-refractivity contribution in [3.05, 3.63) is 65.5 Å². The Morgan fingerprint density at radius 1 is 1.17 bits per heavy atom. The highest BCUT2D eigenvalue weighted by molar-refractivity contribution is 7.90. The highest BCUT2D eigenvalue weighted by Crippen LogP contribution is 2.25. The van der Waals surface area contributed by atoms with E-state index in [1.807, 2.05) is 0 Å². The molecule has 0 saturated carbocycles. The van der Waals surface area contributed by atoms with Crippen LogP contribution in [-0.4, -0.2) is 52.0 Å². The molecule has 3 rings (SSSR count). The van der Waals surface area contributed by atoms with Gasteiger partial charge in [-0.05, 0) is 24.3 Å². The summed E-state index contributed by atoms with van der Waals surface area (Å²) in [5.74, 6) is -1.32. The SMILES string of the molecule is COC(=O)c1ccc(CN(c2ccccc2)S(=O)(=O)N2CCNCC2)c(F)c1.Cl. The van der Waals surface area contributed by atoms with Gasteiger partial charge in [0.15, 0.2) is 0 Å². The Morgan fingerprint density at radius 3 is 2.41 bits per heavy atom.